The number of rotatable bonds is 8. The number of likely N-dealkylation sites (tertiary alicyclic amines) is 1. The number of carbonyl (C=O) groups is 2. The number of benzene rings is 3. The first-order valence-corrected chi connectivity index (χ1v) is 12.8. The van der Waals surface area contributed by atoms with Crippen LogP contribution in [-0.4, -0.2) is 43.5 Å². The number of piperidine rings is 1. The van der Waals surface area contributed by atoms with Crippen molar-refractivity contribution >= 4 is 40.2 Å². The second-order valence-corrected chi connectivity index (χ2v) is 9.42. The van der Waals surface area contributed by atoms with Crippen molar-refractivity contribution in [2.45, 2.75) is 25.8 Å². The van der Waals surface area contributed by atoms with Crippen LogP contribution in [0.15, 0.2) is 72.8 Å². The molecule has 3 aromatic rings. The maximum absolute atomic E-state index is 13.2. The van der Waals surface area contributed by atoms with Gasteiger partial charge in [0, 0.05) is 23.5 Å². The summed E-state index contributed by atoms with van der Waals surface area (Å²) in [6.07, 6.45) is 3.89. The molecule has 7 nitrogen and oxygen atoms in total. The summed E-state index contributed by atoms with van der Waals surface area (Å²) in [5.74, 6) is -0.532. The zero-order valence-corrected chi connectivity index (χ0v) is 21.0. The highest BCUT2D eigenvalue weighted by atomic mass is 16.5. The molecule has 0 saturated carbocycles. The minimum absolute atomic E-state index is 0.0521. The first kappa shape index (κ1) is 24.6. The van der Waals surface area contributed by atoms with Gasteiger partial charge in [0.05, 0.1) is 24.1 Å². The van der Waals surface area contributed by atoms with E-state index in [9.17, 15) is 9.59 Å². The Hall–Kier alpha value is -4.10. The minimum Gasteiger partial charge on any atom is -0.468 e. The second kappa shape index (κ2) is 11.3. The lowest BCUT2D eigenvalue weighted by Gasteiger charge is -2.26. The molecule has 1 fully saturated rings. The van der Waals surface area contributed by atoms with Gasteiger partial charge in [-0.3, -0.25) is 14.5 Å². The molecule has 0 unspecified atom stereocenters. The Morgan fingerprint density at radius 1 is 0.946 bits per heavy atom. The van der Waals surface area contributed by atoms with Gasteiger partial charge in [0.25, 0.3) is 5.91 Å². The van der Waals surface area contributed by atoms with Gasteiger partial charge in [0.1, 0.15) is 6.54 Å². The first-order chi connectivity index (χ1) is 18.1. The number of fused-ring (bicyclic) bond motifs is 1. The molecule has 0 atom stereocenters. The molecule has 0 radical (unpaired) electrons. The van der Waals surface area contributed by atoms with Crippen LogP contribution in [0.1, 0.15) is 36.0 Å². The average molecular weight is 497 g/mol. The van der Waals surface area contributed by atoms with Gasteiger partial charge in [-0.05, 0) is 67.4 Å². The van der Waals surface area contributed by atoms with E-state index in [1.165, 1.54) is 45.0 Å². The summed E-state index contributed by atoms with van der Waals surface area (Å²) >= 11 is 0. The fourth-order valence-electron chi connectivity index (χ4n) is 4.87. The van der Waals surface area contributed by atoms with Crippen LogP contribution in [0.3, 0.4) is 0 Å². The summed E-state index contributed by atoms with van der Waals surface area (Å²) in [5.41, 5.74) is 6.69. The number of anilines is 3. The number of carbonyl (C=O) groups excluding carboxylic acids is 2. The lowest BCUT2D eigenvalue weighted by atomic mass is 9.99. The molecule has 7 heteroatoms. The van der Waals surface area contributed by atoms with Crippen molar-refractivity contribution in [2.24, 2.45) is 0 Å². The van der Waals surface area contributed by atoms with Crippen molar-refractivity contribution in [2.75, 3.05) is 42.7 Å². The number of ether oxygens (including phenoxy) is 1. The molecule has 3 aromatic carbocycles. The van der Waals surface area contributed by atoms with Crippen molar-refractivity contribution < 1.29 is 14.3 Å². The van der Waals surface area contributed by atoms with Gasteiger partial charge in [-0.1, -0.05) is 48.9 Å². The SMILES string of the molecule is COC(=O)CNc1ccc2c(c1)NC(=O)C2=C(Nc1ccc(CN2CCCCC2)cc1)c1ccccc1. The number of nitrogens with one attached hydrogen (secondary N) is 3. The van der Waals surface area contributed by atoms with E-state index < -0.39 is 0 Å². The Balaban J connectivity index is 1.43. The van der Waals surface area contributed by atoms with Gasteiger partial charge < -0.3 is 20.7 Å². The summed E-state index contributed by atoms with van der Waals surface area (Å²) in [6.45, 7) is 3.35. The second-order valence-electron chi connectivity index (χ2n) is 9.42. The molecule has 2 aliphatic rings. The molecule has 3 N–H and O–H groups in total. The predicted molar refractivity (Wildman–Crippen MR) is 148 cm³/mol. The average Bonchev–Trinajstić information content (AvgIpc) is 3.27. The van der Waals surface area contributed by atoms with Gasteiger partial charge in [0.2, 0.25) is 0 Å². The van der Waals surface area contributed by atoms with Crippen LogP contribution in [0.25, 0.3) is 11.3 Å². The fourth-order valence-corrected chi connectivity index (χ4v) is 4.87. The summed E-state index contributed by atoms with van der Waals surface area (Å²) in [7, 11) is 1.35. The van der Waals surface area contributed by atoms with Crippen molar-refractivity contribution in [3.8, 4) is 0 Å². The smallest absolute Gasteiger partial charge is 0.325 e. The molecular formula is C30H32N4O3. The van der Waals surface area contributed by atoms with Crippen LogP contribution in [0, 0.1) is 0 Å². The molecule has 1 saturated heterocycles. The summed E-state index contributed by atoms with van der Waals surface area (Å²) in [4.78, 5) is 27.2. The summed E-state index contributed by atoms with van der Waals surface area (Å²) in [6, 6.07) is 24.0. The van der Waals surface area contributed by atoms with Crippen LogP contribution < -0.4 is 16.0 Å². The number of hydrogen-bond acceptors (Lipinski definition) is 6. The maximum atomic E-state index is 13.2. The standard InChI is InChI=1S/C30H32N4O3/c1-37-27(35)19-31-24-14-15-25-26(18-24)33-30(36)28(25)29(22-8-4-2-5-9-22)32-23-12-10-21(11-13-23)20-34-16-6-3-7-17-34/h2,4-5,8-15,18,31-32H,3,6-7,16-17,19-20H2,1H3,(H,33,36). The quantitative estimate of drug-likeness (QED) is 0.294. The lowest BCUT2D eigenvalue weighted by molar-refractivity contribution is -0.138. The normalized spacial score (nSPS) is 16.5. The van der Waals surface area contributed by atoms with E-state index in [1.807, 2.05) is 48.5 Å². The van der Waals surface area contributed by atoms with E-state index in [0.29, 0.717) is 11.3 Å². The maximum Gasteiger partial charge on any atom is 0.325 e. The molecule has 0 bridgehead atoms. The Bertz CT molecular complexity index is 1300. The van der Waals surface area contributed by atoms with E-state index >= 15 is 0 Å². The number of methoxy groups -OCH3 is 1. The van der Waals surface area contributed by atoms with Crippen LogP contribution >= 0.6 is 0 Å². The molecule has 2 aliphatic heterocycles. The third kappa shape index (κ3) is 5.84. The molecule has 2 heterocycles. The van der Waals surface area contributed by atoms with E-state index in [1.54, 1.807) is 0 Å². The molecule has 0 spiro atoms. The Kier molecular flexibility index (Phi) is 7.51. The van der Waals surface area contributed by atoms with Gasteiger partial charge in [-0.15, -0.1) is 0 Å². The van der Waals surface area contributed by atoms with E-state index in [0.717, 1.165) is 34.7 Å². The highest BCUT2D eigenvalue weighted by molar-refractivity contribution is 6.37. The van der Waals surface area contributed by atoms with Gasteiger partial charge in [-0.25, -0.2) is 0 Å². The van der Waals surface area contributed by atoms with Crippen molar-refractivity contribution in [3.63, 3.8) is 0 Å². The highest BCUT2D eigenvalue weighted by Gasteiger charge is 2.28. The number of esters is 1. The molecule has 1 amide bonds. The fraction of sp³-hybridized carbons (Fsp3) is 0.267. The lowest BCUT2D eigenvalue weighted by Crippen LogP contribution is -2.29. The largest absolute Gasteiger partial charge is 0.468 e. The Labute approximate surface area is 217 Å². The molecular weight excluding hydrogens is 464 g/mol. The number of hydrogen-bond donors (Lipinski definition) is 3. The zero-order chi connectivity index (χ0) is 25.6. The molecule has 0 aliphatic carbocycles. The summed E-state index contributed by atoms with van der Waals surface area (Å²) < 4.78 is 4.69. The van der Waals surface area contributed by atoms with Crippen LogP contribution in [-0.2, 0) is 20.9 Å². The first-order valence-electron chi connectivity index (χ1n) is 12.8. The monoisotopic (exact) mass is 496 g/mol. The third-order valence-corrected chi connectivity index (χ3v) is 6.82. The Morgan fingerprint density at radius 2 is 1.68 bits per heavy atom. The molecule has 0 aromatic heterocycles. The number of amides is 1. The topological polar surface area (TPSA) is 82.7 Å². The van der Waals surface area contributed by atoms with Gasteiger partial charge in [0.15, 0.2) is 0 Å². The van der Waals surface area contributed by atoms with Crippen LogP contribution in [0.2, 0.25) is 0 Å². The number of nitrogens with zero attached hydrogens (tertiary/aromatic N) is 1. The minimum atomic E-state index is -0.359. The van der Waals surface area contributed by atoms with Crippen molar-refractivity contribution in [1.29, 1.82) is 0 Å². The van der Waals surface area contributed by atoms with E-state index in [4.69, 9.17) is 4.74 Å². The van der Waals surface area contributed by atoms with Gasteiger partial charge in [-0.2, -0.15) is 0 Å². The summed E-state index contributed by atoms with van der Waals surface area (Å²) in [5, 5.41) is 9.54. The molecule has 37 heavy (non-hydrogen) atoms. The Morgan fingerprint density at radius 3 is 2.41 bits per heavy atom. The predicted octanol–water partition coefficient (Wildman–Crippen LogP) is 5.19. The zero-order valence-electron chi connectivity index (χ0n) is 21.0. The van der Waals surface area contributed by atoms with Gasteiger partial charge >= 0.3 is 5.97 Å². The van der Waals surface area contributed by atoms with Crippen molar-refractivity contribution in [1.82, 2.24) is 4.90 Å². The van der Waals surface area contributed by atoms with Crippen molar-refractivity contribution in [3.05, 3.63) is 89.5 Å². The van der Waals surface area contributed by atoms with E-state index in [2.05, 4.69) is 45.1 Å². The van der Waals surface area contributed by atoms with Crippen LogP contribution in [0.4, 0.5) is 17.1 Å². The molecule has 190 valence electrons. The van der Waals surface area contributed by atoms with E-state index in [-0.39, 0.29) is 18.4 Å². The van der Waals surface area contributed by atoms with Crippen LogP contribution in [0.5, 0.6) is 0 Å². The third-order valence-electron chi connectivity index (χ3n) is 6.82. The molecule has 5 rings (SSSR count). The highest BCUT2D eigenvalue weighted by Crippen LogP contribution is 2.39.